The van der Waals surface area contributed by atoms with Gasteiger partial charge in [0.1, 0.15) is 0 Å². The molecule has 0 aliphatic rings. The Morgan fingerprint density at radius 1 is 1.36 bits per heavy atom. The molecule has 0 N–H and O–H groups in total. The molecule has 0 spiro atoms. The lowest BCUT2D eigenvalue weighted by Crippen LogP contribution is -1.91. The van der Waals surface area contributed by atoms with Crippen molar-refractivity contribution in [1.82, 2.24) is 4.98 Å². The van der Waals surface area contributed by atoms with Gasteiger partial charge < -0.3 is 0 Å². The van der Waals surface area contributed by atoms with Crippen molar-refractivity contribution in [2.45, 2.75) is 11.8 Å². The predicted molar refractivity (Wildman–Crippen MR) is 58.8 cm³/mol. The molecule has 2 aromatic rings. The Morgan fingerprint density at radius 2 is 2.14 bits per heavy atom. The molecule has 1 unspecified atom stereocenters. The van der Waals surface area contributed by atoms with E-state index in [4.69, 9.17) is 0 Å². The van der Waals surface area contributed by atoms with Gasteiger partial charge in [-0.15, -0.1) is 0 Å². The van der Waals surface area contributed by atoms with Crippen LogP contribution in [0.2, 0.25) is 0 Å². The van der Waals surface area contributed by atoms with Gasteiger partial charge in [-0.3, -0.25) is 9.19 Å². The maximum atomic E-state index is 11.4. The molecule has 1 aromatic carbocycles. The minimum atomic E-state index is -0.973. The van der Waals surface area contributed by atoms with Gasteiger partial charge in [-0.25, -0.2) is 0 Å². The van der Waals surface area contributed by atoms with Crippen LogP contribution >= 0.6 is 0 Å². The van der Waals surface area contributed by atoms with Crippen LogP contribution in [0.5, 0.6) is 0 Å². The normalized spacial score (nSPS) is 13.0. The van der Waals surface area contributed by atoms with Gasteiger partial charge in [-0.1, -0.05) is 12.1 Å². The molecule has 1 heterocycles. The number of pyridine rings is 1. The molecule has 0 fully saturated rings. The number of nitrogens with zero attached hydrogens (tertiary/aromatic N) is 1. The van der Waals surface area contributed by atoms with Crippen molar-refractivity contribution in [2.75, 3.05) is 6.26 Å². The minimum absolute atomic E-state index is 0.808. The van der Waals surface area contributed by atoms with Gasteiger partial charge in [0.25, 0.3) is 0 Å². The quantitative estimate of drug-likeness (QED) is 0.715. The van der Waals surface area contributed by atoms with Crippen molar-refractivity contribution < 1.29 is 4.21 Å². The molecule has 3 heteroatoms. The zero-order chi connectivity index (χ0) is 10.1. The summed E-state index contributed by atoms with van der Waals surface area (Å²) in [6.45, 7) is 2.00. The third-order valence-corrected chi connectivity index (χ3v) is 3.07. The van der Waals surface area contributed by atoms with E-state index in [2.05, 4.69) is 11.1 Å². The Hall–Kier alpha value is -1.22. The average molecular weight is 205 g/mol. The Balaban J connectivity index is 2.81. The van der Waals surface area contributed by atoms with Crippen LogP contribution in [0.15, 0.2) is 35.4 Å². The highest BCUT2D eigenvalue weighted by Crippen LogP contribution is 2.19. The van der Waals surface area contributed by atoms with E-state index < -0.39 is 10.8 Å². The van der Waals surface area contributed by atoms with Crippen molar-refractivity contribution in [3.8, 4) is 0 Å². The third kappa shape index (κ3) is 1.55. The lowest BCUT2D eigenvalue weighted by atomic mass is 10.2. The lowest BCUT2D eigenvalue weighted by Gasteiger charge is -2.02. The molecule has 72 valence electrons. The van der Waals surface area contributed by atoms with E-state index in [0.717, 1.165) is 21.4 Å². The van der Waals surface area contributed by atoms with Crippen LogP contribution in [0, 0.1) is 6.92 Å². The molecule has 0 saturated carbocycles. The van der Waals surface area contributed by atoms with Crippen LogP contribution in [-0.2, 0) is 10.8 Å². The second-order valence-corrected chi connectivity index (χ2v) is 4.64. The van der Waals surface area contributed by atoms with E-state index in [0.29, 0.717) is 0 Å². The Labute approximate surface area is 85.4 Å². The molecule has 1 atom stereocenters. The fraction of sp³-hybridized carbons (Fsp3) is 0.182. The van der Waals surface area contributed by atoms with Crippen LogP contribution in [0.25, 0.3) is 10.9 Å². The van der Waals surface area contributed by atoms with Gasteiger partial charge in [0.2, 0.25) is 0 Å². The zero-order valence-electron chi connectivity index (χ0n) is 8.15. The van der Waals surface area contributed by atoms with Crippen molar-refractivity contribution in [3.05, 3.63) is 36.0 Å². The number of benzene rings is 1. The molecule has 0 radical (unpaired) electrons. The summed E-state index contributed by atoms with van der Waals surface area (Å²) in [5, 5.41) is 1.05. The summed E-state index contributed by atoms with van der Waals surface area (Å²) in [4.78, 5) is 5.12. The summed E-state index contributed by atoms with van der Waals surface area (Å²) in [5.41, 5.74) is 1.97. The predicted octanol–water partition coefficient (Wildman–Crippen LogP) is 2.28. The minimum Gasteiger partial charge on any atom is -0.255 e. The van der Waals surface area contributed by atoms with Crippen LogP contribution in [0.3, 0.4) is 0 Å². The molecular formula is C11H11NOS. The molecule has 0 aliphatic carbocycles. The lowest BCUT2D eigenvalue weighted by molar-refractivity contribution is 0.687. The van der Waals surface area contributed by atoms with Crippen LogP contribution in [0.1, 0.15) is 5.56 Å². The first-order chi connectivity index (χ1) is 6.68. The zero-order valence-corrected chi connectivity index (χ0v) is 8.97. The Bertz CT molecular complexity index is 508. The summed E-state index contributed by atoms with van der Waals surface area (Å²) < 4.78 is 11.4. The molecule has 0 saturated heterocycles. The second-order valence-electron chi connectivity index (χ2n) is 3.29. The third-order valence-electron chi connectivity index (χ3n) is 2.12. The fourth-order valence-electron chi connectivity index (χ4n) is 1.47. The summed E-state index contributed by atoms with van der Waals surface area (Å²) in [6, 6.07) is 7.82. The standard InChI is InChI=1S/C11H11NOS/c1-8-6-9-4-3-5-10(14(2)13)11(9)12-7-8/h3-7H,1-2H3. The number of hydrogen-bond donors (Lipinski definition) is 0. The number of para-hydroxylation sites is 1. The van der Waals surface area contributed by atoms with Gasteiger partial charge in [-0.2, -0.15) is 0 Å². The first kappa shape index (κ1) is 9.34. The largest absolute Gasteiger partial charge is 0.255 e. The van der Waals surface area contributed by atoms with Crippen molar-refractivity contribution >= 4 is 21.7 Å². The number of rotatable bonds is 1. The first-order valence-corrected chi connectivity index (χ1v) is 5.93. The highest BCUT2D eigenvalue weighted by Gasteiger charge is 2.04. The van der Waals surface area contributed by atoms with E-state index in [-0.39, 0.29) is 0 Å². The number of aromatic nitrogens is 1. The molecule has 0 bridgehead atoms. The number of hydrogen-bond acceptors (Lipinski definition) is 2. The van der Waals surface area contributed by atoms with E-state index in [9.17, 15) is 4.21 Å². The highest BCUT2D eigenvalue weighted by atomic mass is 32.2. The van der Waals surface area contributed by atoms with E-state index in [1.165, 1.54) is 0 Å². The first-order valence-electron chi connectivity index (χ1n) is 4.37. The fourth-order valence-corrected chi connectivity index (χ4v) is 2.19. The van der Waals surface area contributed by atoms with Crippen LogP contribution < -0.4 is 0 Å². The molecule has 2 rings (SSSR count). The van der Waals surface area contributed by atoms with E-state index in [1.54, 1.807) is 12.5 Å². The Morgan fingerprint density at radius 3 is 2.86 bits per heavy atom. The molecule has 14 heavy (non-hydrogen) atoms. The number of aryl methyl sites for hydroxylation is 1. The van der Waals surface area contributed by atoms with Gasteiger partial charge in [0, 0.05) is 17.8 Å². The van der Waals surface area contributed by atoms with Crippen LogP contribution in [0.4, 0.5) is 0 Å². The molecule has 0 aliphatic heterocycles. The van der Waals surface area contributed by atoms with Gasteiger partial charge in [0.05, 0.1) is 21.2 Å². The summed E-state index contributed by atoms with van der Waals surface area (Å²) in [6.07, 6.45) is 3.48. The average Bonchev–Trinajstić information content (AvgIpc) is 2.16. The van der Waals surface area contributed by atoms with E-state index in [1.807, 2.05) is 25.1 Å². The molecule has 0 amide bonds. The van der Waals surface area contributed by atoms with Crippen LogP contribution in [-0.4, -0.2) is 15.4 Å². The smallest absolute Gasteiger partial charge is 0.0863 e. The SMILES string of the molecule is Cc1cnc2c(S(C)=O)cccc2c1. The Kier molecular flexibility index (Phi) is 2.33. The monoisotopic (exact) mass is 205 g/mol. The van der Waals surface area contributed by atoms with E-state index >= 15 is 0 Å². The van der Waals surface area contributed by atoms with Gasteiger partial charge in [0.15, 0.2) is 0 Å². The van der Waals surface area contributed by atoms with Gasteiger partial charge >= 0.3 is 0 Å². The van der Waals surface area contributed by atoms with Crippen molar-refractivity contribution in [1.29, 1.82) is 0 Å². The van der Waals surface area contributed by atoms with Gasteiger partial charge in [-0.05, 0) is 24.6 Å². The second kappa shape index (κ2) is 3.50. The van der Waals surface area contributed by atoms with Crippen molar-refractivity contribution in [3.63, 3.8) is 0 Å². The summed E-state index contributed by atoms with van der Waals surface area (Å²) in [7, 11) is -0.973. The maximum absolute atomic E-state index is 11.4. The molecular weight excluding hydrogens is 194 g/mol. The maximum Gasteiger partial charge on any atom is 0.0863 e. The summed E-state index contributed by atoms with van der Waals surface area (Å²) >= 11 is 0. The summed E-state index contributed by atoms with van der Waals surface area (Å²) in [5.74, 6) is 0. The molecule has 2 nitrogen and oxygen atoms in total. The molecule has 1 aromatic heterocycles. The number of fused-ring (bicyclic) bond motifs is 1. The highest BCUT2D eigenvalue weighted by molar-refractivity contribution is 7.84. The van der Waals surface area contributed by atoms with Crippen molar-refractivity contribution in [2.24, 2.45) is 0 Å². The topological polar surface area (TPSA) is 30.0 Å².